The molecule has 72 valence electrons. The van der Waals surface area contributed by atoms with Gasteiger partial charge in [0.05, 0.1) is 6.61 Å². The average molecular weight is 171 g/mol. The highest BCUT2D eigenvalue weighted by Gasteiger charge is 2.34. The lowest BCUT2D eigenvalue weighted by atomic mass is 9.67. The van der Waals surface area contributed by atoms with Crippen LogP contribution < -0.4 is 5.32 Å². The minimum atomic E-state index is 0.647. The Morgan fingerprint density at radius 1 is 1.42 bits per heavy atom. The van der Waals surface area contributed by atoms with Gasteiger partial charge in [-0.05, 0) is 24.7 Å². The minimum Gasteiger partial charge on any atom is -0.383 e. The Labute approximate surface area is 75.7 Å². The second kappa shape index (κ2) is 4.83. The van der Waals surface area contributed by atoms with E-state index < -0.39 is 0 Å². The maximum absolute atomic E-state index is 4.98. The molecule has 1 saturated carbocycles. The second-order valence-corrected chi connectivity index (χ2v) is 3.88. The zero-order chi connectivity index (χ0) is 8.86. The first kappa shape index (κ1) is 10.0. The summed E-state index contributed by atoms with van der Waals surface area (Å²) in [6.07, 6.45) is 5.60. The van der Waals surface area contributed by atoms with Crippen molar-refractivity contribution < 1.29 is 4.74 Å². The summed E-state index contributed by atoms with van der Waals surface area (Å²) in [6.45, 7) is 5.32. The quantitative estimate of drug-likeness (QED) is 0.615. The molecule has 0 bridgehead atoms. The van der Waals surface area contributed by atoms with E-state index in [2.05, 4.69) is 12.2 Å². The summed E-state index contributed by atoms with van der Waals surface area (Å²) in [5.41, 5.74) is 0.647. The highest BCUT2D eigenvalue weighted by molar-refractivity contribution is 4.88. The van der Waals surface area contributed by atoms with Gasteiger partial charge < -0.3 is 10.1 Å². The monoisotopic (exact) mass is 171 g/mol. The molecule has 0 spiro atoms. The molecule has 0 heterocycles. The summed E-state index contributed by atoms with van der Waals surface area (Å²) in [4.78, 5) is 0. The van der Waals surface area contributed by atoms with Crippen LogP contribution in [0.4, 0.5) is 0 Å². The summed E-state index contributed by atoms with van der Waals surface area (Å²) in [7, 11) is 1.75. The van der Waals surface area contributed by atoms with Crippen LogP contribution in [0.2, 0.25) is 0 Å². The van der Waals surface area contributed by atoms with E-state index in [0.717, 1.165) is 13.2 Å². The third-order valence-electron chi connectivity index (χ3n) is 3.15. The molecule has 0 unspecified atom stereocenters. The van der Waals surface area contributed by atoms with Crippen LogP contribution in [0, 0.1) is 5.41 Å². The van der Waals surface area contributed by atoms with Gasteiger partial charge in [-0.3, -0.25) is 0 Å². The fourth-order valence-corrected chi connectivity index (χ4v) is 1.86. The van der Waals surface area contributed by atoms with E-state index in [1.54, 1.807) is 7.11 Å². The van der Waals surface area contributed by atoms with Crippen molar-refractivity contribution in [2.24, 2.45) is 5.41 Å². The highest BCUT2D eigenvalue weighted by atomic mass is 16.5. The Kier molecular flexibility index (Phi) is 4.02. The molecule has 0 aromatic heterocycles. The van der Waals surface area contributed by atoms with Crippen molar-refractivity contribution >= 4 is 0 Å². The number of methoxy groups -OCH3 is 1. The molecule has 1 aliphatic carbocycles. The topological polar surface area (TPSA) is 21.3 Å². The van der Waals surface area contributed by atoms with Crippen LogP contribution in [0.1, 0.15) is 32.6 Å². The van der Waals surface area contributed by atoms with Crippen molar-refractivity contribution in [1.82, 2.24) is 5.32 Å². The Morgan fingerprint density at radius 2 is 2.17 bits per heavy atom. The normalized spacial score (nSPS) is 20.5. The van der Waals surface area contributed by atoms with Gasteiger partial charge in [0.15, 0.2) is 0 Å². The van der Waals surface area contributed by atoms with Crippen LogP contribution in [0.3, 0.4) is 0 Å². The fraction of sp³-hybridized carbons (Fsp3) is 1.00. The van der Waals surface area contributed by atoms with Gasteiger partial charge in [-0.1, -0.05) is 13.3 Å². The molecule has 0 amide bonds. The van der Waals surface area contributed by atoms with Crippen LogP contribution in [0.25, 0.3) is 0 Å². The van der Waals surface area contributed by atoms with Gasteiger partial charge in [0.2, 0.25) is 0 Å². The first-order valence-electron chi connectivity index (χ1n) is 5.03. The third kappa shape index (κ3) is 2.46. The molecular weight excluding hydrogens is 150 g/mol. The van der Waals surface area contributed by atoms with E-state index in [4.69, 9.17) is 4.74 Å². The van der Waals surface area contributed by atoms with Gasteiger partial charge in [0, 0.05) is 20.2 Å². The number of hydrogen-bond donors (Lipinski definition) is 1. The SMILES string of the molecule is CCC1(CNCCOC)CCC1. The maximum Gasteiger partial charge on any atom is 0.0587 e. The molecule has 12 heavy (non-hydrogen) atoms. The molecule has 1 N–H and O–H groups in total. The standard InChI is InChI=1S/C10H21NO/c1-3-10(5-4-6-10)9-11-7-8-12-2/h11H,3-9H2,1-2H3. The summed E-state index contributed by atoms with van der Waals surface area (Å²) < 4.78 is 4.98. The van der Waals surface area contributed by atoms with Crippen LogP contribution in [-0.4, -0.2) is 26.8 Å². The first-order valence-corrected chi connectivity index (χ1v) is 5.03. The van der Waals surface area contributed by atoms with Crippen molar-refractivity contribution in [1.29, 1.82) is 0 Å². The second-order valence-electron chi connectivity index (χ2n) is 3.88. The van der Waals surface area contributed by atoms with Gasteiger partial charge in [-0.15, -0.1) is 0 Å². The van der Waals surface area contributed by atoms with Crippen molar-refractivity contribution in [3.8, 4) is 0 Å². The zero-order valence-corrected chi connectivity index (χ0v) is 8.36. The Morgan fingerprint density at radius 3 is 2.58 bits per heavy atom. The van der Waals surface area contributed by atoms with E-state index in [-0.39, 0.29) is 0 Å². The highest BCUT2D eigenvalue weighted by Crippen LogP contribution is 2.42. The molecule has 0 aromatic rings. The molecule has 2 heteroatoms. The van der Waals surface area contributed by atoms with Crippen molar-refractivity contribution in [3.63, 3.8) is 0 Å². The molecule has 1 rings (SSSR count). The van der Waals surface area contributed by atoms with E-state index in [9.17, 15) is 0 Å². The number of ether oxygens (including phenoxy) is 1. The first-order chi connectivity index (χ1) is 5.83. The van der Waals surface area contributed by atoms with Gasteiger partial charge in [-0.2, -0.15) is 0 Å². The Bertz CT molecular complexity index is 115. The van der Waals surface area contributed by atoms with Crippen molar-refractivity contribution in [2.75, 3.05) is 26.8 Å². The molecule has 0 aliphatic heterocycles. The molecule has 1 fully saturated rings. The van der Waals surface area contributed by atoms with E-state index in [1.807, 2.05) is 0 Å². The van der Waals surface area contributed by atoms with Crippen LogP contribution >= 0.6 is 0 Å². The molecule has 2 nitrogen and oxygen atoms in total. The largest absolute Gasteiger partial charge is 0.383 e. The Hall–Kier alpha value is -0.0800. The van der Waals surface area contributed by atoms with Gasteiger partial charge >= 0.3 is 0 Å². The fourth-order valence-electron chi connectivity index (χ4n) is 1.86. The van der Waals surface area contributed by atoms with Gasteiger partial charge in [-0.25, -0.2) is 0 Å². The smallest absolute Gasteiger partial charge is 0.0587 e. The molecule has 1 aliphatic rings. The lowest BCUT2D eigenvalue weighted by molar-refractivity contribution is 0.118. The average Bonchev–Trinajstić information content (AvgIpc) is 2.02. The van der Waals surface area contributed by atoms with Crippen molar-refractivity contribution in [2.45, 2.75) is 32.6 Å². The van der Waals surface area contributed by atoms with E-state index >= 15 is 0 Å². The molecule has 0 atom stereocenters. The van der Waals surface area contributed by atoms with Crippen LogP contribution in [0.5, 0.6) is 0 Å². The predicted molar refractivity (Wildman–Crippen MR) is 51.3 cm³/mol. The molecule has 0 aromatic carbocycles. The molecule has 0 radical (unpaired) electrons. The third-order valence-corrected chi connectivity index (χ3v) is 3.15. The maximum atomic E-state index is 4.98. The summed E-state index contributed by atoms with van der Waals surface area (Å²) in [5.74, 6) is 0. The van der Waals surface area contributed by atoms with Crippen LogP contribution in [0.15, 0.2) is 0 Å². The van der Waals surface area contributed by atoms with E-state index in [1.165, 1.54) is 32.2 Å². The number of nitrogens with one attached hydrogen (secondary N) is 1. The Balaban J connectivity index is 2.04. The predicted octanol–water partition coefficient (Wildman–Crippen LogP) is 1.80. The van der Waals surface area contributed by atoms with Crippen LogP contribution in [-0.2, 0) is 4.74 Å². The molecule has 0 saturated heterocycles. The summed E-state index contributed by atoms with van der Waals surface area (Å²) in [5, 5.41) is 3.46. The number of hydrogen-bond acceptors (Lipinski definition) is 2. The van der Waals surface area contributed by atoms with Gasteiger partial charge in [0.1, 0.15) is 0 Å². The van der Waals surface area contributed by atoms with E-state index in [0.29, 0.717) is 5.41 Å². The lowest BCUT2D eigenvalue weighted by Gasteiger charge is -2.41. The van der Waals surface area contributed by atoms with Crippen molar-refractivity contribution in [3.05, 3.63) is 0 Å². The summed E-state index contributed by atoms with van der Waals surface area (Å²) in [6, 6.07) is 0. The minimum absolute atomic E-state index is 0.647. The van der Waals surface area contributed by atoms with Gasteiger partial charge in [0.25, 0.3) is 0 Å². The molecular formula is C10H21NO. The lowest BCUT2D eigenvalue weighted by Crippen LogP contribution is -2.40. The zero-order valence-electron chi connectivity index (χ0n) is 8.36. The summed E-state index contributed by atoms with van der Waals surface area (Å²) >= 11 is 0. The number of rotatable bonds is 6.